The standard InChI is InChI=1S/C11H23P/c1-12-11-9-7-5-3-2-4-6-8-10-11/h11-12H,2-10H2,1H3. The minimum atomic E-state index is 1.09. The normalized spacial score (nSPS) is 24.8. The van der Waals surface area contributed by atoms with Crippen molar-refractivity contribution in [2.24, 2.45) is 0 Å². The maximum absolute atomic E-state index is 2.39. The van der Waals surface area contributed by atoms with Gasteiger partial charge in [0.25, 0.3) is 0 Å². The van der Waals surface area contributed by atoms with E-state index in [2.05, 4.69) is 6.66 Å². The van der Waals surface area contributed by atoms with Gasteiger partial charge in [0.2, 0.25) is 0 Å². The molecule has 1 heteroatoms. The molecule has 0 N–H and O–H groups in total. The Bertz CT molecular complexity index is 91.2. The molecule has 1 atom stereocenters. The summed E-state index contributed by atoms with van der Waals surface area (Å²) in [5.41, 5.74) is 1.09. The van der Waals surface area contributed by atoms with Crippen LogP contribution in [0.5, 0.6) is 0 Å². The van der Waals surface area contributed by atoms with Crippen molar-refractivity contribution in [3.63, 3.8) is 0 Å². The average molecular weight is 186 g/mol. The van der Waals surface area contributed by atoms with Crippen molar-refractivity contribution in [2.45, 2.75) is 63.4 Å². The summed E-state index contributed by atoms with van der Waals surface area (Å²) in [7, 11) is 1.19. The molecule has 0 aliphatic heterocycles. The van der Waals surface area contributed by atoms with E-state index in [0.29, 0.717) is 0 Å². The Morgan fingerprint density at radius 1 is 0.750 bits per heavy atom. The number of hydrogen-bond acceptors (Lipinski definition) is 0. The first-order valence-corrected chi connectivity index (χ1v) is 7.18. The lowest BCUT2D eigenvalue weighted by molar-refractivity contribution is 0.510. The maximum atomic E-state index is 2.39. The van der Waals surface area contributed by atoms with Gasteiger partial charge in [0.15, 0.2) is 0 Å². The van der Waals surface area contributed by atoms with Gasteiger partial charge in [-0.3, -0.25) is 0 Å². The van der Waals surface area contributed by atoms with E-state index in [1.165, 1.54) is 66.4 Å². The van der Waals surface area contributed by atoms with E-state index >= 15 is 0 Å². The van der Waals surface area contributed by atoms with Gasteiger partial charge < -0.3 is 0 Å². The van der Waals surface area contributed by atoms with Gasteiger partial charge in [0, 0.05) is 0 Å². The molecule has 1 fully saturated rings. The van der Waals surface area contributed by atoms with E-state index in [4.69, 9.17) is 0 Å². The van der Waals surface area contributed by atoms with Crippen LogP contribution in [0.15, 0.2) is 0 Å². The Balaban J connectivity index is 2.17. The summed E-state index contributed by atoms with van der Waals surface area (Å²) in [6.07, 6.45) is 13.6. The van der Waals surface area contributed by atoms with Crippen LogP contribution in [0, 0.1) is 0 Å². The molecule has 0 saturated heterocycles. The molecule has 0 heterocycles. The largest absolute Gasteiger partial charge is 0.122 e. The van der Waals surface area contributed by atoms with Crippen LogP contribution in [0.25, 0.3) is 0 Å². The Morgan fingerprint density at radius 2 is 1.17 bits per heavy atom. The van der Waals surface area contributed by atoms with Crippen molar-refractivity contribution in [1.29, 1.82) is 0 Å². The highest BCUT2D eigenvalue weighted by Crippen LogP contribution is 2.27. The zero-order chi connectivity index (χ0) is 8.65. The predicted molar refractivity (Wildman–Crippen MR) is 59.6 cm³/mol. The zero-order valence-electron chi connectivity index (χ0n) is 8.44. The van der Waals surface area contributed by atoms with Crippen molar-refractivity contribution in [3.05, 3.63) is 0 Å². The molecule has 1 aliphatic carbocycles. The SMILES string of the molecule is CPC1CCCCCCCCC1. The summed E-state index contributed by atoms with van der Waals surface area (Å²) >= 11 is 0. The van der Waals surface area contributed by atoms with Gasteiger partial charge in [-0.2, -0.15) is 0 Å². The number of hydrogen-bond donors (Lipinski definition) is 0. The quantitative estimate of drug-likeness (QED) is 0.539. The lowest BCUT2D eigenvalue weighted by Gasteiger charge is -2.16. The van der Waals surface area contributed by atoms with Crippen LogP contribution in [0.4, 0.5) is 0 Å². The average Bonchev–Trinajstić information content (AvgIpc) is 2.14. The van der Waals surface area contributed by atoms with Crippen LogP contribution in [-0.4, -0.2) is 12.3 Å². The van der Waals surface area contributed by atoms with Gasteiger partial charge >= 0.3 is 0 Å². The van der Waals surface area contributed by atoms with E-state index < -0.39 is 0 Å². The molecule has 1 unspecified atom stereocenters. The maximum Gasteiger partial charge on any atom is -0.0239 e. The van der Waals surface area contributed by atoms with Gasteiger partial charge in [0.05, 0.1) is 0 Å². The Labute approximate surface area is 79.3 Å². The van der Waals surface area contributed by atoms with Gasteiger partial charge in [0.1, 0.15) is 0 Å². The lowest BCUT2D eigenvalue weighted by Crippen LogP contribution is -2.01. The monoisotopic (exact) mass is 186 g/mol. The van der Waals surface area contributed by atoms with E-state index in [1.807, 2.05) is 0 Å². The summed E-state index contributed by atoms with van der Waals surface area (Å²) in [4.78, 5) is 0. The highest BCUT2D eigenvalue weighted by molar-refractivity contribution is 7.37. The van der Waals surface area contributed by atoms with E-state index in [1.54, 1.807) is 0 Å². The van der Waals surface area contributed by atoms with Gasteiger partial charge in [-0.05, 0) is 25.2 Å². The molecule has 1 saturated carbocycles. The van der Waals surface area contributed by atoms with Crippen LogP contribution in [0.2, 0.25) is 0 Å². The Hall–Kier alpha value is 0.430. The first kappa shape index (κ1) is 10.5. The van der Waals surface area contributed by atoms with Gasteiger partial charge in [-0.25, -0.2) is 0 Å². The van der Waals surface area contributed by atoms with Crippen molar-refractivity contribution in [2.75, 3.05) is 6.66 Å². The minimum Gasteiger partial charge on any atom is -0.122 e. The van der Waals surface area contributed by atoms with Crippen molar-refractivity contribution < 1.29 is 0 Å². The summed E-state index contributed by atoms with van der Waals surface area (Å²) in [5, 5.41) is 0. The van der Waals surface area contributed by atoms with Crippen LogP contribution < -0.4 is 0 Å². The van der Waals surface area contributed by atoms with Gasteiger partial charge in [-0.15, -0.1) is 8.58 Å². The van der Waals surface area contributed by atoms with Crippen LogP contribution in [-0.2, 0) is 0 Å². The molecule has 12 heavy (non-hydrogen) atoms. The predicted octanol–water partition coefficient (Wildman–Crippen LogP) is 4.19. The summed E-state index contributed by atoms with van der Waals surface area (Å²) < 4.78 is 0. The highest BCUT2D eigenvalue weighted by atomic mass is 31.1. The highest BCUT2D eigenvalue weighted by Gasteiger charge is 2.06. The van der Waals surface area contributed by atoms with Crippen LogP contribution >= 0.6 is 8.58 Å². The molecule has 0 aromatic heterocycles. The second-order valence-electron chi connectivity index (χ2n) is 4.04. The number of rotatable bonds is 1. The first-order valence-electron chi connectivity index (χ1n) is 5.61. The molecule has 0 nitrogen and oxygen atoms in total. The molecule has 0 aromatic rings. The molecular weight excluding hydrogens is 163 g/mol. The molecule has 0 bridgehead atoms. The van der Waals surface area contributed by atoms with E-state index in [9.17, 15) is 0 Å². The fraction of sp³-hybridized carbons (Fsp3) is 1.00. The van der Waals surface area contributed by atoms with Crippen molar-refractivity contribution in [1.82, 2.24) is 0 Å². The first-order chi connectivity index (χ1) is 5.93. The van der Waals surface area contributed by atoms with Crippen LogP contribution in [0.1, 0.15) is 57.8 Å². The second kappa shape index (κ2) is 6.89. The Morgan fingerprint density at radius 3 is 1.58 bits per heavy atom. The van der Waals surface area contributed by atoms with Gasteiger partial charge in [-0.1, -0.05) is 44.9 Å². The fourth-order valence-electron chi connectivity index (χ4n) is 2.10. The third kappa shape index (κ3) is 4.45. The van der Waals surface area contributed by atoms with Crippen molar-refractivity contribution >= 4 is 8.58 Å². The topological polar surface area (TPSA) is 0 Å². The van der Waals surface area contributed by atoms with E-state index in [0.717, 1.165) is 5.66 Å². The molecule has 0 amide bonds. The molecule has 1 aliphatic rings. The third-order valence-corrected chi connectivity index (χ3v) is 4.41. The summed E-state index contributed by atoms with van der Waals surface area (Å²) in [6.45, 7) is 2.39. The van der Waals surface area contributed by atoms with Crippen molar-refractivity contribution in [3.8, 4) is 0 Å². The van der Waals surface area contributed by atoms with E-state index in [-0.39, 0.29) is 0 Å². The smallest absolute Gasteiger partial charge is 0.0239 e. The fourth-order valence-corrected chi connectivity index (χ4v) is 3.08. The summed E-state index contributed by atoms with van der Waals surface area (Å²) in [5.74, 6) is 0. The van der Waals surface area contributed by atoms with Crippen LogP contribution in [0.3, 0.4) is 0 Å². The third-order valence-electron chi connectivity index (χ3n) is 3.01. The second-order valence-corrected chi connectivity index (χ2v) is 5.43. The lowest BCUT2D eigenvalue weighted by atomic mass is 10.0. The zero-order valence-corrected chi connectivity index (χ0v) is 9.44. The molecule has 0 radical (unpaired) electrons. The molecule has 0 spiro atoms. The molecule has 72 valence electrons. The summed E-state index contributed by atoms with van der Waals surface area (Å²) in [6, 6.07) is 0. The minimum absolute atomic E-state index is 1.09. The molecular formula is C11H23P. The molecule has 0 aromatic carbocycles. The molecule has 1 rings (SSSR count). The Kier molecular flexibility index (Phi) is 6.04.